The van der Waals surface area contributed by atoms with E-state index in [0.717, 1.165) is 37.3 Å². The van der Waals surface area contributed by atoms with Crippen molar-refractivity contribution in [3.63, 3.8) is 0 Å². The third kappa shape index (κ3) is 3.21. The summed E-state index contributed by atoms with van der Waals surface area (Å²) in [6, 6.07) is 2.38. The Morgan fingerprint density at radius 1 is 1.50 bits per heavy atom. The minimum Gasteiger partial charge on any atom is -0.342 e. The summed E-state index contributed by atoms with van der Waals surface area (Å²) in [5, 5.41) is 12.4. The highest BCUT2D eigenvalue weighted by Gasteiger charge is 2.28. The van der Waals surface area contributed by atoms with Crippen LogP contribution in [-0.4, -0.2) is 38.7 Å². The van der Waals surface area contributed by atoms with Gasteiger partial charge in [0.2, 0.25) is 5.91 Å². The molecular formula is C16H22N4OS. The van der Waals surface area contributed by atoms with Crippen molar-refractivity contribution in [2.75, 3.05) is 13.1 Å². The first-order valence-electron chi connectivity index (χ1n) is 7.83. The molecule has 1 aliphatic heterocycles. The molecule has 0 unspecified atom stereocenters. The van der Waals surface area contributed by atoms with Crippen molar-refractivity contribution in [3.8, 4) is 0 Å². The van der Waals surface area contributed by atoms with Gasteiger partial charge in [-0.05, 0) is 49.1 Å². The average molecular weight is 318 g/mol. The van der Waals surface area contributed by atoms with Crippen molar-refractivity contribution < 1.29 is 4.79 Å². The Morgan fingerprint density at radius 3 is 3.09 bits per heavy atom. The highest BCUT2D eigenvalue weighted by atomic mass is 32.1. The van der Waals surface area contributed by atoms with Gasteiger partial charge in [-0.2, -0.15) is 11.3 Å². The fraction of sp³-hybridized carbons (Fsp3) is 0.562. The Morgan fingerprint density at radius 2 is 2.36 bits per heavy atom. The predicted octanol–water partition coefficient (Wildman–Crippen LogP) is 2.87. The zero-order valence-corrected chi connectivity index (χ0v) is 13.9. The lowest BCUT2D eigenvalue weighted by Gasteiger charge is -2.32. The summed E-state index contributed by atoms with van der Waals surface area (Å²) in [6.07, 6.45) is 4.41. The van der Waals surface area contributed by atoms with Gasteiger partial charge in [-0.15, -0.1) is 10.2 Å². The summed E-state index contributed by atoms with van der Waals surface area (Å²) in [4.78, 5) is 14.5. The van der Waals surface area contributed by atoms with Crippen molar-refractivity contribution in [2.45, 2.75) is 45.1 Å². The molecule has 22 heavy (non-hydrogen) atoms. The summed E-state index contributed by atoms with van der Waals surface area (Å²) < 4.78 is 2.12. The lowest BCUT2D eigenvalue weighted by molar-refractivity contribution is -0.131. The average Bonchev–Trinajstić information content (AvgIpc) is 3.18. The highest BCUT2D eigenvalue weighted by molar-refractivity contribution is 7.07. The Hall–Kier alpha value is -1.69. The summed E-state index contributed by atoms with van der Waals surface area (Å²) in [7, 11) is 0. The van der Waals surface area contributed by atoms with Crippen LogP contribution in [0.3, 0.4) is 0 Å². The monoisotopic (exact) mass is 318 g/mol. The largest absolute Gasteiger partial charge is 0.342 e. The predicted molar refractivity (Wildman–Crippen MR) is 87.0 cm³/mol. The Kier molecular flexibility index (Phi) is 4.57. The molecule has 1 amide bonds. The van der Waals surface area contributed by atoms with E-state index < -0.39 is 0 Å². The zero-order valence-electron chi connectivity index (χ0n) is 13.1. The number of hydrogen-bond donors (Lipinski definition) is 0. The maximum absolute atomic E-state index is 12.5. The van der Waals surface area contributed by atoms with Gasteiger partial charge in [-0.25, -0.2) is 0 Å². The maximum Gasteiger partial charge on any atom is 0.227 e. The molecule has 0 aromatic carbocycles. The molecule has 5 nitrogen and oxygen atoms in total. The SMILES string of the molecule is CC(C)n1cnnc1[C@H]1CCCN(C(=O)Cc2ccsc2)C1. The Labute approximate surface area is 135 Å². The number of rotatable bonds is 4. The van der Waals surface area contributed by atoms with Crippen molar-refractivity contribution in [1.82, 2.24) is 19.7 Å². The second-order valence-electron chi connectivity index (χ2n) is 6.18. The van der Waals surface area contributed by atoms with Crippen LogP contribution in [0.1, 0.15) is 50.0 Å². The molecule has 118 valence electrons. The number of nitrogens with zero attached hydrogens (tertiary/aromatic N) is 4. The molecule has 2 aromatic heterocycles. The van der Waals surface area contributed by atoms with Crippen molar-refractivity contribution in [2.24, 2.45) is 0 Å². The van der Waals surface area contributed by atoms with E-state index in [1.54, 1.807) is 17.7 Å². The van der Waals surface area contributed by atoms with Gasteiger partial charge in [0.05, 0.1) is 6.42 Å². The molecule has 0 radical (unpaired) electrons. The Bertz CT molecular complexity index is 620. The van der Waals surface area contributed by atoms with Gasteiger partial charge >= 0.3 is 0 Å². The molecule has 3 rings (SSSR count). The molecule has 1 fully saturated rings. The lowest BCUT2D eigenvalue weighted by atomic mass is 9.96. The van der Waals surface area contributed by atoms with Gasteiger partial charge in [0.1, 0.15) is 12.2 Å². The number of carbonyl (C=O) groups excluding carboxylic acids is 1. The van der Waals surface area contributed by atoms with Crippen LogP contribution in [0.4, 0.5) is 0 Å². The molecule has 3 heterocycles. The topological polar surface area (TPSA) is 51.0 Å². The number of aromatic nitrogens is 3. The second-order valence-corrected chi connectivity index (χ2v) is 6.96. The molecule has 2 aromatic rings. The van der Waals surface area contributed by atoms with E-state index in [2.05, 4.69) is 34.0 Å². The third-order valence-corrected chi connectivity index (χ3v) is 4.96. The minimum atomic E-state index is 0.221. The van der Waals surface area contributed by atoms with E-state index >= 15 is 0 Å². The van der Waals surface area contributed by atoms with E-state index in [1.165, 1.54) is 0 Å². The van der Waals surface area contributed by atoms with Crippen molar-refractivity contribution >= 4 is 17.2 Å². The number of likely N-dealkylation sites (tertiary alicyclic amines) is 1. The maximum atomic E-state index is 12.5. The standard InChI is InChI=1S/C16H22N4OS/c1-12(2)20-11-17-18-16(20)14-4-3-6-19(9-14)15(21)8-13-5-7-22-10-13/h5,7,10-12,14H,3-4,6,8-9H2,1-2H3/t14-/m0/s1. The minimum absolute atomic E-state index is 0.221. The molecule has 0 bridgehead atoms. The number of hydrogen-bond acceptors (Lipinski definition) is 4. The fourth-order valence-corrected chi connectivity index (χ4v) is 3.70. The molecule has 0 N–H and O–H groups in total. The van der Waals surface area contributed by atoms with Gasteiger partial charge in [0, 0.05) is 25.0 Å². The van der Waals surface area contributed by atoms with Gasteiger partial charge in [-0.1, -0.05) is 0 Å². The molecule has 1 saturated heterocycles. The normalized spacial score (nSPS) is 18.9. The number of piperidine rings is 1. The van der Waals surface area contributed by atoms with Crippen LogP contribution >= 0.6 is 11.3 Å². The van der Waals surface area contributed by atoms with Crippen LogP contribution in [0.15, 0.2) is 23.2 Å². The van der Waals surface area contributed by atoms with Gasteiger partial charge in [0.15, 0.2) is 0 Å². The Balaban J connectivity index is 1.68. The zero-order chi connectivity index (χ0) is 15.5. The van der Waals surface area contributed by atoms with E-state index in [4.69, 9.17) is 0 Å². The van der Waals surface area contributed by atoms with Crippen molar-refractivity contribution in [1.29, 1.82) is 0 Å². The number of carbonyl (C=O) groups is 1. The van der Waals surface area contributed by atoms with Crippen LogP contribution in [0.25, 0.3) is 0 Å². The van der Waals surface area contributed by atoms with Crippen molar-refractivity contribution in [3.05, 3.63) is 34.5 Å². The molecular weight excluding hydrogens is 296 g/mol. The van der Waals surface area contributed by atoms with Gasteiger partial charge in [0.25, 0.3) is 0 Å². The lowest BCUT2D eigenvalue weighted by Crippen LogP contribution is -2.40. The first kappa shape index (κ1) is 15.2. The summed E-state index contributed by atoms with van der Waals surface area (Å²) in [5.41, 5.74) is 1.11. The van der Waals surface area contributed by atoms with E-state index in [9.17, 15) is 4.79 Å². The van der Waals surface area contributed by atoms with Crippen LogP contribution in [0.2, 0.25) is 0 Å². The van der Waals surface area contributed by atoms with Crippen LogP contribution < -0.4 is 0 Å². The number of thiophene rings is 1. The van der Waals surface area contributed by atoms with Crippen LogP contribution in [0, 0.1) is 0 Å². The van der Waals surface area contributed by atoms with Crippen LogP contribution in [-0.2, 0) is 11.2 Å². The summed E-state index contributed by atoms with van der Waals surface area (Å²) in [6.45, 7) is 5.88. The van der Waals surface area contributed by atoms with E-state index in [0.29, 0.717) is 18.4 Å². The number of amides is 1. The molecule has 1 atom stereocenters. The van der Waals surface area contributed by atoms with E-state index in [-0.39, 0.29) is 5.91 Å². The van der Waals surface area contributed by atoms with Crippen LogP contribution in [0.5, 0.6) is 0 Å². The quantitative estimate of drug-likeness (QED) is 0.871. The second kappa shape index (κ2) is 6.60. The third-order valence-electron chi connectivity index (χ3n) is 4.23. The van der Waals surface area contributed by atoms with Gasteiger partial charge in [-0.3, -0.25) is 4.79 Å². The molecule has 6 heteroatoms. The summed E-state index contributed by atoms with van der Waals surface area (Å²) in [5.74, 6) is 1.53. The first-order chi connectivity index (χ1) is 10.6. The smallest absolute Gasteiger partial charge is 0.227 e. The molecule has 0 spiro atoms. The van der Waals surface area contributed by atoms with E-state index in [1.807, 2.05) is 16.3 Å². The fourth-order valence-electron chi connectivity index (χ4n) is 3.04. The molecule has 1 aliphatic rings. The van der Waals surface area contributed by atoms with Gasteiger partial charge < -0.3 is 9.47 Å². The summed E-state index contributed by atoms with van der Waals surface area (Å²) >= 11 is 1.64. The highest BCUT2D eigenvalue weighted by Crippen LogP contribution is 2.27. The molecule has 0 aliphatic carbocycles. The molecule has 0 saturated carbocycles. The first-order valence-corrected chi connectivity index (χ1v) is 8.77.